The molecule has 2 heterocycles. The van der Waals surface area contributed by atoms with Crippen LogP contribution in [0.15, 0.2) is 41.0 Å². The molecule has 0 bridgehead atoms. The average Bonchev–Trinajstić information content (AvgIpc) is 2.76. The van der Waals surface area contributed by atoms with Crippen molar-refractivity contribution in [3.63, 3.8) is 0 Å². The third kappa shape index (κ3) is 2.15. The van der Waals surface area contributed by atoms with Gasteiger partial charge in [-0.1, -0.05) is 12.1 Å². The Morgan fingerprint density at radius 2 is 2.16 bits per heavy atom. The molecule has 0 amide bonds. The minimum absolute atomic E-state index is 0.153. The number of aliphatic hydroxyl groups excluding tert-OH is 1. The minimum Gasteiger partial charge on any atom is -0.390 e. The van der Waals surface area contributed by atoms with Crippen molar-refractivity contribution in [2.75, 3.05) is 0 Å². The first-order valence-electron chi connectivity index (χ1n) is 5.72. The summed E-state index contributed by atoms with van der Waals surface area (Å²) in [6.07, 6.45) is 1.68. The summed E-state index contributed by atoms with van der Waals surface area (Å²) < 4.78 is 14.2. The monoisotopic (exact) mass is 320 g/mol. The molecule has 3 nitrogen and oxygen atoms in total. The number of aromatic amines is 1. The Morgan fingerprint density at radius 1 is 1.32 bits per heavy atom. The van der Waals surface area contributed by atoms with Crippen molar-refractivity contribution in [3.8, 4) is 11.1 Å². The molecule has 5 heteroatoms. The summed E-state index contributed by atoms with van der Waals surface area (Å²) in [4.78, 5) is 7.31. The molecule has 0 saturated heterocycles. The van der Waals surface area contributed by atoms with Gasteiger partial charge in [0, 0.05) is 21.6 Å². The number of hydrogen-bond acceptors (Lipinski definition) is 2. The van der Waals surface area contributed by atoms with E-state index in [1.54, 1.807) is 12.3 Å². The molecule has 0 atom stereocenters. The van der Waals surface area contributed by atoms with Crippen molar-refractivity contribution in [2.45, 2.75) is 6.61 Å². The summed E-state index contributed by atoms with van der Waals surface area (Å²) in [5.74, 6) is -0.307. The van der Waals surface area contributed by atoms with Crippen molar-refractivity contribution in [3.05, 3.63) is 52.5 Å². The van der Waals surface area contributed by atoms with E-state index in [0.29, 0.717) is 11.3 Å². The van der Waals surface area contributed by atoms with Crippen LogP contribution in [0.4, 0.5) is 4.39 Å². The SMILES string of the molecule is OCc1[nH]c2ncc(Br)cc2c1-c1cccc(F)c1. The van der Waals surface area contributed by atoms with Crippen LogP contribution in [-0.2, 0) is 6.61 Å². The molecule has 0 aliphatic rings. The maximum atomic E-state index is 13.4. The van der Waals surface area contributed by atoms with Crippen LogP contribution in [0.5, 0.6) is 0 Å². The maximum absolute atomic E-state index is 13.4. The highest BCUT2D eigenvalue weighted by atomic mass is 79.9. The molecule has 0 aliphatic carbocycles. The normalized spacial score (nSPS) is 11.1. The molecule has 3 rings (SSSR count). The number of rotatable bonds is 2. The van der Waals surface area contributed by atoms with Gasteiger partial charge in [0.25, 0.3) is 0 Å². The fourth-order valence-corrected chi connectivity index (χ4v) is 2.52. The van der Waals surface area contributed by atoms with Gasteiger partial charge in [-0.15, -0.1) is 0 Å². The first-order chi connectivity index (χ1) is 9.19. The molecular weight excluding hydrogens is 311 g/mol. The smallest absolute Gasteiger partial charge is 0.138 e. The second-order valence-electron chi connectivity index (χ2n) is 4.20. The Balaban J connectivity index is 2.34. The Labute approximate surface area is 117 Å². The number of halogens is 2. The standard InChI is InChI=1S/C14H10BrFN2O/c15-9-5-11-13(8-2-1-3-10(16)4-8)12(7-19)18-14(11)17-6-9/h1-6,19H,7H2,(H,17,18). The van der Waals surface area contributed by atoms with Crippen LogP contribution in [0.25, 0.3) is 22.2 Å². The van der Waals surface area contributed by atoms with E-state index in [1.165, 1.54) is 12.1 Å². The van der Waals surface area contributed by atoms with Gasteiger partial charge in [-0.3, -0.25) is 0 Å². The molecule has 0 saturated carbocycles. The third-order valence-electron chi connectivity index (χ3n) is 2.97. The van der Waals surface area contributed by atoms with E-state index in [1.807, 2.05) is 12.1 Å². The largest absolute Gasteiger partial charge is 0.390 e. The van der Waals surface area contributed by atoms with Gasteiger partial charge in [0.2, 0.25) is 0 Å². The number of nitrogens with one attached hydrogen (secondary N) is 1. The highest BCUT2D eigenvalue weighted by Crippen LogP contribution is 2.33. The molecular formula is C14H10BrFN2O. The zero-order valence-corrected chi connectivity index (χ0v) is 11.4. The number of nitrogens with zero attached hydrogens (tertiary/aromatic N) is 1. The highest BCUT2D eigenvalue weighted by Gasteiger charge is 2.14. The Kier molecular flexibility index (Phi) is 3.08. The number of H-pyrrole nitrogens is 1. The molecule has 19 heavy (non-hydrogen) atoms. The van der Waals surface area contributed by atoms with Gasteiger partial charge in [0.15, 0.2) is 0 Å². The summed E-state index contributed by atoms with van der Waals surface area (Å²) in [6, 6.07) is 8.20. The number of hydrogen-bond donors (Lipinski definition) is 2. The van der Waals surface area contributed by atoms with Gasteiger partial charge >= 0.3 is 0 Å². The lowest BCUT2D eigenvalue weighted by Gasteiger charge is -2.03. The maximum Gasteiger partial charge on any atom is 0.138 e. The van der Waals surface area contributed by atoms with Gasteiger partial charge < -0.3 is 10.1 Å². The van der Waals surface area contributed by atoms with Gasteiger partial charge in [-0.25, -0.2) is 9.37 Å². The third-order valence-corrected chi connectivity index (χ3v) is 3.40. The Hall–Kier alpha value is -1.72. The van der Waals surface area contributed by atoms with E-state index >= 15 is 0 Å². The molecule has 0 spiro atoms. The van der Waals surface area contributed by atoms with Crippen LogP contribution >= 0.6 is 15.9 Å². The molecule has 3 aromatic rings. The van der Waals surface area contributed by atoms with Crippen molar-refractivity contribution < 1.29 is 9.50 Å². The van der Waals surface area contributed by atoms with E-state index in [0.717, 1.165) is 21.0 Å². The predicted molar refractivity (Wildman–Crippen MR) is 75.1 cm³/mol. The lowest BCUT2D eigenvalue weighted by atomic mass is 10.0. The predicted octanol–water partition coefficient (Wildman–Crippen LogP) is 3.62. The van der Waals surface area contributed by atoms with Gasteiger partial charge in [-0.05, 0) is 39.7 Å². The number of benzene rings is 1. The van der Waals surface area contributed by atoms with E-state index in [-0.39, 0.29) is 12.4 Å². The fraction of sp³-hybridized carbons (Fsp3) is 0.0714. The molecule has 0 radical (unpaired) electrons. The average molecular weight is 321 g/mol. The van der Waals surface area contributed by atoms with Crippen LogP contribution in [0.2, 0.25) is 0 Å². The second-order valence-corrected chi connectivity index (χ2v) is 5.11. The molecule has 2 aromatic heterocycles. The van der Waals surface area contributed by atoms with Crippen LogP contribution in [0.3, 0.4) is 0 Å². The zero-order valence-electron chi connectivity index (χ0n) is 9.82. The van der Waals surface area contributed by atoms with Crippen LogP contribution in [0, 0.1) is 5.82 Å². The lowest BCUT2D eigenvalue weighted by Crippen LogP contribution is -1.87. The van der Waals surface area contributed by atoms with Crippen LogP contribution in [0.1, 0.15) is 5.69 Å². The van der Waals surface area contributed by atoms with Crippen LogP contribution in [-0.4, -0.2) is 15.1 Å². The first-order valence-corrected chi connectivity index (χ1v) is 6.51. The Bertz CT molecular complexity index is 754. The summed E-state index contributed by atoms with van der Waals surface area (Å²) in [7, 11) is 0. The van der Waals surface area contributed by atoms with Gasteiger partial charge in [0.1, 0.15) is 11.5 Å². The van der Waals surface area contributed by atoms with Crippen LogP contribution < -0.4 is 0 Å². The molecule has 2 N–H and O–H groups in total. The van der Waals surface area contributed by atoms with E-state index < -0.39 is 0 Å². The fourth-order valence-electron chi connectivity index (χ4n) is 2.19. The Morgan fingerprint density at radius 3 is 2.89 bits per heavy atom. The van der Waals surface area contributed by atoms with E-state index in [9.17, 15) is 9.50 Å². The number of aromatic nitrogens is 2. The van der Waals surface area contributed by atoms with Gasteiger partial charge in [0.05, 0.1) is 12.3 Å². The number of pyridine rings is 1. The highest BCUT2D eigenvalue weighted by molar-refractivity contribution is 9.10. The first kappa shape index (κ1) is 12.3. The summed E-state index contributed by atoms with van der Waals surface area (Å²) >= 11 is 3.37. The molecule has 0 unspecified atom stereocenters. The second kappa shape index (κ2) is 4.75. The molecule has 0 fully saturated rings. The van der Waals surface area contributed by atoms with Gasteiger partial charge in [-0.2, -0.15) is 0 Å². The van der Waals surface area contributed by atoms with Crippen molar-refractivity contribution in [1.29, 1.82) is 0 Å². The van der Waals surface area contributed by atoms with E-state index in [2.05, 4.69) is 25.9 Å². The topological polar surface area (TPSA) is 48.9 Å². The lowest BCUT2D eigenvalue weighted by molar-refractivity contribution is 0.278. The number of aliphatic hydroxyl groups is 1. The summed E-state index contributed by atoms with van der Waals surface area (Å²) in [5, 5.41) is 10.3. The van der Waals surface area contributed by atoms with Crippen molar-refractivity contribution in [1.82, 2.24) is 9.97 Å². The van der Waals surface area contributed by atoms with Crippen molar-refractivity contribution in [2.24, 2.45) is 0 Å². The summed E-state index contributed by atoms with van der Waals surface area (Å²) in [5.41, 5.74) is 2.80. The minimum atomic E-state index is -0.307. The molecule has 1 aromatic carbocycles. The summed E-state index contributed by atoms with van der Waals surface area (Å²) in [6.45, 7) is -0.153. The van der Waals surface area contributed by atoms with Crippen molar-refractivity contribution >= 4 is 27.0 Å². The quantitative estimate of drug-likeness (QED) is 0.757. The van der Waals surface area contributed by atoms with E-state index in [4.69, 9.17) is 0 Å². The zero-order chi connectivity index (χ0) is 13.4. The number of fused-ring (bicyclic) bond motifs is 1. The molecule has 0 aliphatic heterocycles. The molecule has 96 valence electrons.